The summed E-state index contributed by atoms with van der Waals surface area (Å²) in [6.45, 7) is 4.84. The number of aromatic nitrogens is 2. The number of hydrogen-bond acceptors (Lipinski definition) is 4. The van der Waals surface area contributed by atoms with Crippen LogP contribution in [0.15, 0.2) is 4.52 Å². The monoisotopic (exact) mass is 258 g/mol. The Bertz CT molecular complexity index is 350. The molecule has 1 aliphatic carbocycles. The molecule has 5 heteroatoms. The number of nitrogens with zero attached hydrogens (tertiary/aromatic N) is 2. The predicted octanol–water partition coefficient (Wildman–Crippen LogP) is 3.12. The van der Waals surface area contributed by atoms with Gasteiger partial charge in [-0.2, -0.15) is 4.98 Å². The molecule has 1 fully saturated rings. The van der Waals surface area contributed by atoms with Gasteiger partial charge in [0.15, 0.2) is 5.82 Å². The molecule has 1 saturated carbocycles. The zero-order valence-electron chi connectivity index (χ0n) is 10.4. The van der Waals surface area contributed by atoms with E-state index in [-0.39, 0.29) is 5.38 Å². The largest absolute Gasteiger partial charge is 0.378 e. The van der Waals surface area contributed by atoms with Crippen molar-refractivity contribution in [2.45, 2.75) is 51.0 Å². The molecule has 0 amide bonds. The molecule has 1 unspecified atom stereocenters. The van der Waals surface area contributed by atoms with E-state index in [1.165, 1.54) is 0 Å². The molecule has 0 spiro atoms. The van der Waals surface area contributed by atoms with Gasteiger partial charge in [-0.3, -0.25) is 0 Å². The van der Waals surface area contributed by atoms with Crippen molar-refractivity contribution >= 4 is 11.6 Å². The van der Waals surface area contributed by atoms with E-state index in [4.69, 9.17) is 20.9 Å². The Kier molecular flexibility index (Phi) is 4.40. The average Bonchev–Trinajstić information content (AvgIpc) is 2.74. The lowest BCUT2D eigenvalue weighted by Crippen LogP contribution is -2.32. The van der Waals surface area contributed by atoms with Crippen molar-refractivity contribution in [3.05, 3.63) is 11.7 Å². The first-order chi connectivity index (χ1) is 8.22. The van der Waals surface area contributed by atoms with Crippen LogP contribution in [0.5, 0.6) is 0 Å². The normalized spacial score (nSPS) is 25.6. The van der Waals surface area contributed by atoms with Crippen molar-refractivity contribution in [3.63, 3.8) is 0 Å². The summed E-state index contributed by atoms with van der Waals surface area (Å²) in [4.78, 5) is 4.32. The standard InChI is InChI=1S/C12H19ClN2O2/c1-3-10(13)12-14-11(17-15-12)7-8-5-9(6-8)16-4-2/h8-10H,3-7H2,1-2H3. The first-order valence-electron chi connectivity index (χ1n) is 6.31. The van der Waals surface area contributed by atoms with E-state index in [9.17, 15) is 0 Å². The second kappa shape index (κ2) is 5.83. The minimum atomic E-state index is -0.134. The number of halogens is 1. The van der Waals surface area contributed by atoms with Crippen LogP contribution in [-0.2, 0) is 11.2 Å². The van der Waals surface area contributed by atoms with Crippen LogP contribution in [0.2, 0.25) is 0 Å². The van der Waals surface area contributed by atoms with Crippen LogP contribution >= 0.6 is 11.6 Å². The molecule has 1 aromatic rings. The van der Waals surface area contributed by atoms with Gasteiger partial charge in [0.25, 0.3) is 0 Å². The zero-order chi connectivity index (χ0) is 12.3. The summed E-state index contributed by atoms with van der Waals surface area (Å²) >= 11 is 6.05. The van der Waals surface area contributed by atoms with Crippen molar-refractivity contribution in [1.82, 2.24) is 10.1 Å². The summed E-state index contributed by atoms with van der Waals surface area (Å²) in [5.41, 5.74) is 0. The Morgan fingerprint density at radius 3 is 2.88 bits per heavy atom. The highest BCUT2D eigenvalue weighted by Crippen LogP contribution is 2.32. The van der Waals surface area contributed by atoms with Crippen LogP contribution in [0.1, 0.15) is 50.2 Å². The molecule has 0 aliphatic heterocycles. The zero-order valence-corrected chi connectivity index (χ0v) is 11.1. The number of alkyl halides is 1. The van der Waals surface area contributed by atoms with Crippen molar-refractivity contribution < 1.29 is 9.26 Å². The van der Waals surface area contributed by atoms with E-state index >= 15 is 0 Å². The second-order valence-corrected chi connectivity index (χ2v) is 5.07. The van der Waals surface area contributed by atoms with Crippen LogP contribution < -0.4 is 0 Å². The fraction of sp³-hybridized carbons (Fsp3) is 0.833. The molecule has 1 aromatic heterocycles. The maximum absolute atomic E-state index is 6.05. The molecule has 2 rings (SSSR count). The molecule has 1 aliphatic rings. The molecule has 1 heterocycles. The maximum atomic E-state index is 6.05. The van der Waals surface area contributed by atoms with Gasteiger partial charge in [0.1, 0.15) is 0 Å². The highest BCUT2D eigenvalue weighted by molar-refractivity contribution is 6.20. The molecule has 0 bridgehead atoms. The number of rotatable bonds is 6. The van der Waals surface area contributed by atoms with E-state index in [2.05, 4.69) is 10.1 Å². The molecule has 17 heavy (non-hydrogen) atoms. The SMILES string of the molecule is CCOC1CC(Cc2nc(C(Cl)CC)no2)C1. The van der Waals surface area contributed by atoms with Crippen molar-refractivity contribution in [3.8, 4) is 0 Å². The Morgan fingerprint density at radius 2 is 2.24 bits per heavy atom. The second-order valence-electron chi connectivity index (χ2n) is 4.54. The molecular weight excluding hydrogens is 240 g/mol. The molecule has 0 radical (unpaired) electrons. The van der Waals surface area contributed by atoms with Gasteiger partial charge < -0.3 is 9.26 Å². The highest BCUT2D eigenvalue weighted by Gasteiger charge is 2.31. The van der Waals surface area contributed by atoms with Gasteiger partial charge in [0, 0.05) is 13.0 Å². The Balaban J connectivity index is 1.79. The van der Waals surface area contributed by atoms with Gasteiger partial charge in [-0.25, -0.2) is 0 Å². The fourth-order valence-electron chi connectivity index (χ4n) is 2.12. The van der Waals surface area contributed by atoms with Crippen LogP contribution in [-0.4, -0.2) is 22.9 Å². The summed E-state index contributed by atoms with van der Waals surface area (Å²) in [7, 11) is 0. The van der Waals surface area contributed by atoms with Gasteiger partial charge in [0.2, 0.25) is 5.89 Å². The molecule has 4 nitrogen and oxygen atoms in total. The van der Waals surface area contributed by atoms with Crippen LogP contribution in [0.4, 0.5) is 0 Å². The Labute approximate surface area is 107 Å². The molecule has 1 atom stereocenters. The number of ether oxygens (including phenoxy) is 1. The van der Waals surface area contributed by atoms with Crippen LogP contribution in [0, 0.1) is 5.92 Å². The summed E-state index contributed by atoms with van der Waals surface area (Å²) in [5.74, 6) is 1.94. The lowest BCUT2D eigenvalue weighted by molar-refractivity contribution is -0.0258. The summed E-state index contributed by atoms with van der Waals surface area (Å²) in [6, 6.07) is 0. The smallest absolute Gasteiger partial charge is 0.226 e. The third kappa shape index (κ3) is 3.19. The van der Waals surface area contributed by atoms with E-state index in [0.717, 1.165) is 32.3 Å². The molecule has 0 N–H and O–H groups in total. The van der Waals surface area contributed by atoms with Gasteiger partial charge in [-0.15, -0.1) is 11.6 Å². The summed E-state index contributed by atoms with van der Waals surface area (Å²) in [5, 5.41) is 3.77. The Morgan fingerprint density at radius 1 is 1.47 bits per heavy atom. The van der Waals surface area contributed by atoms with Crippen LogP contribution in [0.25, 0.3) is 0 Å². The van der Waals surface area contributed by atoms with Crippen molar-refractivity contribution in [1.29, 1.82) is 0 Å². The van der Waals surface area contributed by atoms with E-state index in [0.29, 0.717) is 23.7 Å². The van der Waals surface area contributed by atoms with Gasteiger partial charge in [0.05, 0.1) is 11.5 Å². The van der Waals surface area contributed by atoms with E-state index in [1.54, 1.807) is 0 Å². The first kappa shape index (κ1) is 12.8. The topological polar surface area (TPSA) is 48.2 Å². The minimum Gasteiger partial charge on any atom is -0.378 e. The van der Waals surface area contributed by atoms with Crippen molar-refractivity contribution in [2.24, 2.45) is 5.92 Å². The van der Waals surface area contributed by atoms with E-state index in [1.807, 2.05) is 13.8 Å². The third-order valence-corrected chi connectivity index (χ3v) is 3.68. The van der Waals surface area contributed by atoms with Gasteiger partial charge >= 0.3 is 0 Å². The Hall–Kier alpha value is -0.610. The maximum Gasteiger partial charge on any atom is 0.226 e. The van der Waals surface area contributed by atoms with Crippen molar-refractivity contribution in [2.75, 3.05) is 6.61 Å². The highest BCUT2D eigenvalue weighted by atomic mass is 35.5. The van der Waals surface area contributed by atoms with E-state index < -0.39 is 0 Å². The molecule has 96 valence electrons. The summed E-state index contributed by atoms with van der Waals surface area (Å²) < 4.78 is 10.7. The minimum absolute atomic E-state index is 0.134. The predicted molar refractivity (Wildman–Crippen MR) is 65.0 cm³/mol. The van der Waals surface area contributed by atoms with Gasteiger partial charge in [-0.05, 0) is 32.1 Å². The first-order valence-corrected chi connectivity index (χ1v) is 6.74. The molecular formula is C12H19ClN2O2. The fourth-order valence-corrected chi connectivity index (χ4v) is 2.21. The van der Waals surface area contributed by atoms with Crippen LogP contribution in [0.3, 0.4) is 0 Å². The molecule has 0 aromatic carbocycles. The average molecular weight is 259 g/mol. The summed E-state index contributed by atoms with van der Waals surface area (Å²) in [6.07, 6.45) is 4.30. The lowest BCUT2D eigenvalue weighted by atomic mass is 9.80. The number of hydrogen-bond donors (Lipinski definition) is 0. The quantitative estimate of drug-likeness (QED) is 0.736. The lowest BCUT2D eigenvalue weighted by Gasteiger charge is -2.33. The molecule has 0 saturated heterocycles. The third-order valence-electron chi connectivity index (χ3n) is 3.18. The van der Waals surface area contributed by atoms with Gasteiger partial charge in [-0.1, -0.05) is 12.1 Å².